The van der Waals surface area contributed by atoms with Crippen LogP contribution in [0.3, 0.4) is 0 Å². The molecule has 0 bridgehead atoms. The number of nitrogens with zero attached hydrogens (tertiary/aromatic N) is 4. The quantitative estimate of drug-likeness (QED) is 0.811. The predicted molar refractivity (Wildman–Crippen MR) is 85.6 cm³/mol. The van der Waals surface area contributed by atoms with Crippen molar-refractivity contribution < 1.29 is 14.6 Å². The van der Waals surface area contributed by atoms with Crippen LogP contribution in [0, 0.1) is 0 Å². The molecule has 126 valence electrons. The number of aromatic nitrogens is 1. The number of ether oxygens (including phenoxy) is 1. The minimum atomic E-state index is -0.517. The molecule has 7 nitrogen and oxygen atoms in total. The lowest BCUT2D eigenvalue weighted by Gasteiger charge is -2.37. The van der Waals surface area contributed by atoms with E-state index in [2.05, 4.69) is 21.8 Å². The number of likely N-dealkylation sites (tertiary alicyclic amines) is 1. The number of pyridine rings is 1. The number of piperazine rings is 1. The highest BCUT2D eigenvalue weighted by Crippen LogP contribution is 2.22. The molecular formula is C16H24N4O3. The summed E-state index contributed by atoms with van der Waals surface area (Å²) < 4.78 is 5.22. The van der Waals surface area contributed by atoms with Gasteiger partial charge in [-0.05, 0) is 19.2 Å². The van der Waals surface area contributed by atoms with Gasteiger partial charge in [-0.25, -0.2) is 4.98 Å². The number of hydrogen-bond donors (Lipinski definition) is 1. The number of aliphatic hydroxyl groups excluding tert-OH is 1. The fourth-order valence-corrected chi connectivity index (χ4v) is 3.31. The maximum atomic E-state index is 12.7. The van der Waals surface area contributed by atoms with Crippen molar-refractivity contribution in [1.29, 1.82) is 0 Å². The standard InChI is InChI=1S/C16H24N4O3/c1-18-6-8-19(9-7-18)12-10-20(11-13(12)21)16(22)15-14(23-2)4-3-5-17-15/h3-5,12-13,21H,6-11H2,1-2H3/t12-,13-/m1/s1. The van der Waals surface area contributed by atoms with Crippen LogP contribution in [0.4, 0.5) is 0 Å². The molecule has 3 rings (SSSR count). The van der Waals surface area contributed by atoms with Crippen molar-refractivity contribution >= 4 is 5.91 Å². The minimum absolute atomic E-state index is 0.00218. The summed E-state index contributed by atoms with van der Waals surface area (Å²) in [6, 6.07) is 3.47. The third-order valence-electron chi connectivity index (χ3n) is 4.75. The SMILES string of the molecule is COc1cccnc1C(=O)N1C[C@@H](O)[C@H](N2CCN(C)CC2)C1. The Morgan fingerprint density at radius 1 is 1.30 bits per heavy atom. The van der Waals surface area contributed by atoms with Crippen molar-refractivity contribution in [2.24, 2.45) is 0 Å². The Bertz CT molecular complexity index is 560. The number of aliphatic hydroxyl groups is 1. The second-order valence-corrected chi connectivity index (χ2v) is 6.24. The van der Waals surface area contributed by atoms with E-state index in [4.69, 9.17) is 4.74 Å². The molecule has 2 atom stereocenters. The molecule has 2 aliphatic heterocycles. The van der Waals surface area contributed by atoms with Gasteiger partial charge in [0.15, 0.2) is 5.69 Å². The van der Waals surface area contributed by atoms with E-state index in [0.29, 0.717) is 24.5 Å². The molecule has 1 aromatic heterocycles. The second-order valence-electron chi connectivity index (χ2n) is 6.24. The zero-order valence-corrected chi connectivity index (χ0v) is 13.7. The lowest BCUT2D eigenvalue weighted by molar-refractivity contribution is 0.0512. The minimum Gasteiger partial charge on any atom is -0.494 e. The van der Waals surface area contributed by atoms with Crippen LogP contribution in [-0.4, -0.2) is 96.3 Å². The number of likely N-dealkylation sites (N-methyl/N-ethyl adjacent to an activating group) is 1. The largest absolute Gasteiger partial charge is 0.494 e. The van der Waals surface area contributed by atoms with E-state index >= 15 is 0 Å². The third kappa shape index (κ3) is 3.31. The van der Waals surface area contributed by atoms with Crippen LogP contribution in [0.15, 0.2) is 18.3 Å². The van der Waals surface area contributed by atoms with E-state index < -0.39 is 6.10 Å². The van der Waals surface area contributed by atoms with Gasteiger partial charge in [-0.2, -0.15) is 0 Å². The van der Waals surface area contributed by atoms with Gasteiger partial charge in [0.05, 0.1) is 19.3 Å². The average molecular weight is 320 g/mol. The van der Waals surface area contributed by atoms with E-state index in [9.17, 15) is 9.90 Å². The summed E-state index contributed by atoms with van der Waals surface area (Å²) in [5.74, 6) is 0.285. The van der Waals surface area contributed by atoms with Crippen molar-refractivity contribution in [2.75, 3.05) is 53.4 Å². The van der Waals surface area contributed by atoms with E-state index in [1.807, 2.05) is 0 Å². The molecular weight excluding hydrogens is 296 g/mol. The molecule has 0 radical (unpaired) electrons. The highest BCUT2D eigenvalue weighted by Gasteiger charge is 2.39. The van der Waals surface area contributed by atoms with Crippen molar-refractivity contribution in [2.45, 2.75) is 12.1 Å². The molecule has 7 heteroatoms. The fourth-order valence-electron chi connectivity index (χ4n) is 3.31. The van der Waals surface area contributed by atoms with Gasteiger partial charge in [-0.3, -0.25) is 9.69 Å². The zero-order valence-electron chi connectivity index (χ0n) is 13.7. The van der Waals surface area contributed by atoms with Crippen LogP contribution in [0.5, 0.6) is 5.75 Å². The third-order valence-corrected chi connectivity index (χ3v) is 4.75. The van der Waals surface area contributed by atoms with Gasteiger partial charge in [0.1, 0.15) is 5.75 Å². The number of methoxy groups -OCH3 is 1. The Labute approximate surface area is 136 Å². The first-order valence-electron chi connectivity index (χ1n) is 7.99. The first kappa shape index (κ1) is 16.2. The maximum Gasteiger partial charge on any atom is 0.276 e. The van der Waals surface area contributed by atoms with E-state index in [0.717, 1.165) is 26.2 Å². The monoisotopic (exact) mass is 320 g/mol. The molecule has 1 amide bonds. The van der Waals surface area contributed by atoms with Crippen LogP contribution in [0.25, 0.3) is 0 Å². The van der Waals surface area contributed by atoms with Gasteiger partial charge in [0, 0.05) is 45.5 Å². The van der Waals surface area contributed by atoms with E-state index in [1.54, 1.807) is 23.2 Å². The Morgan fingerprint density at radius 2 is 2.04 bits per heavy atom. The number of amides is 1. The molecule has 0 unspecified atom stereocenters. The zero-order chi connectivity index (χ0) is 16.4. The molecule has 2 saturated heterocycles. The van der Waals surface area contributed by atoms with E-state index in [-0.39, 0.29) is 11.9 Å². The molecule has 2 aliphatic rings. The Kier molecular flexibility index (Phi) is 4.79. The summed E-state index contributed by atoms with van der Waals surface area (Å²) in [5, 5.41) is 10.4. The lowest BCUT2D eigenvalue weighted by atomic mass is 10.1. The molecule has 1 N–H and O–H groups in total. The number of carbonyl (C=O) groups is 1. The average Bonchev–Trinajstić information content (AvgIpc) is 2.96. The summed E-state index contributed by atoms with van der Waals surface area (Å²) in [7, 11) is 3.63. The summed E-state index contributed by atoms with van der Waals surface area (Å²) in [5.41, 5.74) is 0.307. The summed E-state index contributed by atoms with van der Waals surface area (Å²) >= 11 is 0. The van der Waals surface area contributed by atoms with Crippen LogP contribution in [-0.2, 0) is 0 Å². The fraction of sp³-hybridized carbons (Fsp3) is 0.625. The van der Waals surface area contributed by atoms with Crippen molar-refractivity contribution in [1.82, 2.24) is 19.7 Å². The normalized spacial score (nSPS) is 26.5. The van der Waals surface area contributed by atoms with Crippen LogP contribution in [0.1, 0.15) is 10.5 Å². The summed E-state index contributed by atoms with van der Waals surface area (Å²) in [6.45, 7) is 4.70. The first-order valence-corrected chi connectivity index (χ1v) is 7.99. The number of hydrogen-bond acceptors (Lipinski definition) is 6. The van der Waals surface area contributed by atoms with Gasteiger partial charge < -0.3 is 19.6 Å². The van der Waals surface area contributed by atoms with Gasteiger partial charge >= 0.3 is 0 Å². The molecule has 0 spiro atoms. The van der Waals surface area contributed by atoms with E-state index in [1.165, 1.54) is 7.11 Å². The molecule has 1 aromatic rings. The highest BCUT2D eigenvalue weighted by atomic mass is 16.5. The van der Waals surface area contributed by atoms with Crippen LogP contribution in [0.2, 0.25) is 0 Å². The number of β-amino-alcohol motifs (C(OH)–C–C–N with tert-alkyl or cyclic N) is 1. The van der Waals surface area contributed by atoms with Gasteiger partial charge in [0.25, 0.3) is 5.91 Å². The molecule has 0 aromatic carbocycles. The lowest BCUT2D eigenvalue weighted by Crippen LogP contribution is -2.52. The van der Waals surface area contributed by atoms with Crippen molar-refractivity contribution in [3.05, 3.63) is 24.0 Å². The summed E-state index contributed by atoms with van der Waals surface area (Å²) in [6.07, 6.45) is 1.07. The van der Waals surface area contributed by atoms with Gasteiger partial charge in [0.2, 0.25) is 0 Å². The topological polar surface area (TPSA) is 69.1 Å². The van der Waals surface area contributed by atoms with Gasteiger partial charge in [-0.15, -0.1) is 0 Å². The molecule has 0 aliphatic carbocycles. The first-order chi connectivity index (χ1) is 11.1. The summed E-state index contributed by atoms with van der Waals surface area (Å²) in [4.78, 5) is 23.1. The molecule has 3 heterocycles. The second kappa shape index (κ2) is 6.82. The molecule has 2 fully saturated rings. The number of rotatable bonds is 3. The number of carbonyl (C=O) groups excluding carboxylic acids is 1. The Morgan fingerprint density at radius 3 is 2.74 bits per heavy atom. The van der Waals surface area contributed by atoms with Crippen LogP contribution >= 0.6 is 0 Å². The molecule has 23 heavy (non-hydrogen) atoms. The highest BCUT2D eigenvalue weighted by molar-refractivity contribution is 5.95. The Hall–Kier alpha value is -1.70. The molecule has 0 saturated carbocycles. The van der Waals surface area contributed by atoms with Crippen LogP contribution < -0.4 is 4.74 Å². The van der Waals surface area contributed by atoms with Gasteiger partial charge in [-0.1, -0.05) is 0 Å². The maximum absolute atomic E-state index is 12.7. The Balaban J connectivity index is 1.69. The smallest absolute Gasteiger partial charge is 0.276 e. The van der Waals surface area contributed by atoms with Crippen molar-refractivity contribution in [3.8, 4) is 5.75 Å². The van der Waals surface area contributed by atoms with Crippen molar-refractivity contribution in [3.63, 3.8) is 0 Å². The predicted octanol–water partition coefficient (Wildman–Crippen LogP) is -0.477.